The van der Waals surface area contributed by atoms with E-state index in [0.717, 1.165) is 24.0 Å². The zero-order chi connectivity index (χ0) is 19.5. The highest BCUT2D eigenvalue weighted by Gasteiger charge is 2.30. The zero-order valence-corrected chi connectivity index (χ0v) is 15.3. The molecule has 8 nitrogen and oxygen atoms in total. The lowest BCUT2D eigenvalue weighted by atomic mass is 10.2. The number of hydrogen-bond acceptors (Lipinski definition) is 7. The van der Waals surface area contributed by atoms with Crippen LogP contribution in [0, 0.1) is 0 Å². The van der Waals surface area contributed by atoms with Crippen molar-refractivity contribution in [3.8, 4) is 17.4 Å². The van der Waals surface area contributed by atoms with Crippen molar-refractivity contribution >= 4 is 22.6 Å². The number of methoxy groups -OCH3 is 1. The number of rotatable bonds is 5. The van der Waals surface area contributed by atoms with E-state index in [4.69, 9.17) is 14.7 Å². The smallest absolute Gasteiger partial charge is 0.266 e. The number of amides is 1. The first-order valence-corrected chi connectivity index (χ1v) is 8.98. The van der Waals surface area contributed by atoms with Gasteiger partial charge < -0.3 is 14.4 Å². The van der Waals surface area contributed by atoms with Crippen LogP contribution < -0.4 is 19.9 Å². The molecular formula is C20H20N4O4. The first-order valence-electron chi connectivity index (χ1n) is 8.98. The number of carbonyl (C=O) groups excluding carboxylic acids is 1. The summed E-state index contributed by atoms with van der Waals surface area (Å²) in [6, 6.07) is 12.6. The summed E-state index contributed by atoms with van der Waals surface area (Å²) >= 11 is 0. The molecule has 1 atom stereocenters. The quantitative estimate of drug-likeness (QED) is 0.519. The molecule has 0 aliphatic carbocycles. The van der Waals surface area contributed by atoms with Gasteiger partial charge in [0.05, 0.1) is 12.5 Å². The van der Waals surface area contributed by atoms with Gasteiger partial charge in [-0.25, -0.2) is 10.5 Å². The van der Waals surface area contributed by atoms with Crippen LogP contribution in [-0.4, -0.2) is 40.8 Å². The van der Waals surface area contributed by atoms with Gasteiger partial charge in [-0.15, -0.1) is 0 Å². The summed E-state index contributed by atoms with van der Waals surface area (Å²) in [6.45, 7) is 0.765. The maximum atomic E-state index is 11.8. The van der Waals surface area contributed by atoms with Crippen LogP contribution in [0.5, 0.6) is 17.4 Å². The van der Waals surface area contributed by atoms with Gasteiger partial charge in [-0.1, -0.05) is 0 Å². The summed E-state index contributed by atoms with van der Waals surface area (Å²) in [5.74, 6) is 1.42. The van der Waals surface area contributed by atoms with E-state index in [-0.39, 0.29) is 11.9 Å². The largest absolute Gasteiger partial charge is 0.481 e. The van der Waals surface area contributed by atoms with E-state index in [2.05, 4.69) is 9.97 Å². The monoisotopic (exact) mass is 380 g/mol. The molecule has 1 fully saturated rings. The first-order chi connectivity index (χ1) is 13.7. The third kappa shape index (κ3) is 3.41. The van der Waals surface area contributed by atoms with Crippen LogP contribution >= 0.6 is 0 Å². The number of aromatic nitrogens is 2. The molecule has 0 radical (unpaired) electrons. The molecule has 0 saturated carbocycles. The number of carbonyl (C=O) groups is 1. The summed E-state index contributed by atoms with van der Waals surface area (Å²) in [6.07, 6.45) is 3.25. The number of hydroxylamine groups is 1. The molecule has 28 heavy (non-hydrogen) atoms. The van der Waals surface area contributed by atoms with Gasteiger partial charge in [-0.05, 0) is 49.2 Å². The minimum atomic E-state index is -0.385. The standard InChI is InChI=1S/C20H20N4O4/c1-27-18-9-8-15-17(10-11-21-19(15)22-18)28-14-6-4-13(5-7-14)24-12-2-3-16(24)20(25)23-26/h4-11,16,26H,2-3,12H2,1H3,(H,23,25). The second-order valence-corrected chi connectivity index (χ2v) is 6.46. The summed E-state index contributed by atoms with van der Waals surface area (Å²) in [7, 11) is 1.56. The predicted molar refractivity (Wildman–Crippen MR) is 103 cm³/mol. The molecule has 144 valence electrons. The van der Waals surface area contributed by atoms with Crippen molar-refractivity contribution in [2.24, 2.45) is 0 Å². The number of nitrogens with one attached hydrogen (secondary N) is 1. The van der Waals surface area contributed by atoms with E-state index in [1.807, 2.05) is 35.2 Å². The van der Waals surface area contributed by atoms with Crippen molar-refractivity contribution in [3.63, 3.8) is 0 Å². The van der Waals surface area contributed by atoms with Crippen LogP contribution in [-0.2, 0) is 4.79 Å². The Labute approximate surface area is 161 Å². The first kappa shape index (κ1) is 18.0. The Hall–Kier alpha value is -3.39. The highest BCUT2D eigenvalue weighted by Crippen LogP contribution is 2.32. The number of hydrogen-bond donors (Lipinski definition) is 2. The van der Waals surface area contributed by atoms with Gasteiger partial charge in [0.25, 0.3) is 5.91 Å². The Morgan fingerprint density at radius 2 is 2.04 bits per heavy atom. The average molecular weight is 380 g/mol. The summed E-state index contributed by atoms with van der Waals surface area (Å²) in [5.41, 5.74) is 3.20. The SMILES string of the molecule is COc1ccc2c(Oc3ccc(N4CCCC4C(=O)NO)cc3)ccnc2n1. The highest BCUT2D eigenvalue weighted by molar-refractivity contribution is 5.85. The number of fused-ring (bicyclic) bond motifs is 1. The fourth-order valence-corrected chi connectivity index (χ4v) is 3.45. The van der Waals surface area contributed by atoms with Gasteiger partial charge in [0.1, 0.15) is 17.5 Å². The second-order valence-electron chi connectivity index (χ2n) is 6.46. The van der Waals surface area contributed by atoms with Crippen LogP contribution in [0.1, 0.15) is 12.8 Å². The maximum Gasteiger partial charge on any atom is 0.266 e. The van der Waals surface area contributed by atoms with Crippen molar-refractivity contribution < 1.29 is 19.5 Å². The van der Waals surface area contributed by atoms with E-state index < -0.39 is 0 Å². The third-order valence-electron chi connectivity index (χ3n) is 4.81. The van der Waals surface area contributed by atoms with Gasteiger partial charge in [0, 0.05) is 24.5 Å². The Bertz CT molecular complexity index is 993. The van der Waals surface area contributed by atoms with E-state index in [1.54, 1.807) is 30.9 Å². The highest BCUT2D eigenvalue weighted by atomic mass is 16.5. The van der Waals surface area contributed by atoms with E-state index in [9.17, 15) is 4.79 Å². The minimum absolute atomic E-state index is 0.359. The number of anilines is 1. The molecule has 2 aromatic heterocycles. The van der Waals surface area contributed by atoms with E-state index >= 15 is 0 Å². The van der Waals surface area contributed by atoms with Crippen molar-refractivity contribution in [1.29, 1.82) is 0 Å². The van der Waals surface area contributed by atoms with Crippen LogP contribution in [0.4, 0.5) is 5.69 Å². The number of nitrogens with zero attached hydrogens (tertiary/aromatic N) is 3. The van der Waals surface area contributed by atoms with Crippen molar-refractivity contribution in [1.82, 2.24) is 15.4 Å². The summed E-state index contributed by atoms with van der Waals surface area (Å²) < 4.78 is 11.2. The molecular weight excluding hydrogens is 360 g/mol. The number of benzene rings is 1. The molecule has 1 unspecified atom stereocenters. The normalized spacial score (nSPS) is 16.2. The average Bonchev–Trinajstić information content (AvgIpc) is 3.23. The Kier molecular flexibility index (Phi) is 4.94. The van der Waals surface area contributed by atoms with Gasteiger partial charge in [0.2, 0.25) is 5.88 Å². The lowest BCUT2D eigenvalue weighted by Gasteiger charge is -2.25. The lowest BCUT2D eigenvalue weighted by molar-refractivity contribution is -0.130. The molecule has 1 saturated heterocycles. The predicted octanol–water partition coefficient (Wildman–Crippen LogP) is 2.90. The minimum Gasteiger partial charge on any atom is -0.481 e. The van der Waals surface area contributed by atoms with Crippen molar-refractivity contribution in [2.45, 2.75) is 18.9 Å². The maximum absolute atomic E-state index is 11.8. The van der Waals surface area contributed by atoms with E-state index in [0.29, 0.717) is 29.4 Å². The Balaban J connectivity index is 1.55. The van der Waals surface area contributed by atoms with Crippen LogP contribution in [0.15, 0.2) is 48.7 Å². The van der Waals surface area contributed by atoms with E-state index in [1.165, 1.54) is 0 Å². The topological polar surface area (TPSA) is 96.8 Å². The van der Waals surface area contributed by atoms with Gasteiger partial charge >= 0.3 is 0 Å². The van der Waals surface area contributed by atoms with Gasteiger partial charge in [-0.3, -0.25) is 10.0 Å². The molecule has 2 N–H and O–H groups in total. The van der Waals surface area contributed by atoms with Crippen LogP contribution in [0.3, 0.4) is 0 Å². The Morgan fingerprint density at radius 1 is 1.21 bits per heavy atom. The number of ether oxygens (including phenoxy) is 2. The third-order valence-corrected chi connectivity index (χ3v) is 4.81. The van der Waals surface area contributed by atoms with Crippen molar-refractivity contribution in [3.05, 3.63) is 48.7 Å². The fourth-order valence-electron chi connectivity index (χ4n) is 3.45. The molecule has 1 amide bonds. The molecule has 0 bridgehead atoms. The molecule has 4 rings (SSSR count). The number of pyridine rings is 2. The molecule has 0 spiro atoms. The summed E-state index contributed by atoms with van der Waals surface area (Å²) in [4.78, 5) is 22.4. The molecule has 3 aromatic rings. The molecule has 1 aromatic carbocycles. The fraction of sp³-hybridized carbons (Fsp3) is 0.250. The molecule has 1 aliphatic heterocycles. The van der Waals surface area contributed by atoms with Crippen LogP contribution in [0.25, 0.3) is 11.0 Å². The summed E-state index contributed by atoms with van der Waals surface area (Å²) in [5, 5.41) is 9.71. The molecule has 3 heterocycles. The Morgan fingerprint density at radius 3 is 2.79 bits per heavy atom. The van der Waals surface area contributed by atoms with Crippen molar-refractivity contribution in [2.75, 3.05) is 18.6 Å². The molecule has 8 heteroatoms. The second kappa shape index (κ2) is 7.69. The van der Waals surface area contributed by atoms with Crippen LogP contribution in [0.2, 0.25) is 0 Å². The van der Waals surface area contributed by atoms with Gasteiger partial charge in [-0.2, -0.15) is 4.98 Å². The lowest BCUT2D eigenvalue weighted by Crippen LogP contribution is -2.42. The molecule has 1 aliphatic rings. The van der Waals surface area contributed by atoms with Gasteiger partial charge in [0.15, 0.2) is 5.65 Å². The zero-order valence-electron chi connectivity index (χ0n) is 15.3.